The lowest BCUT2D eigenvalue weighted by molar-refractivity contribution is 0.270. The molecule has 1 aliphatic carbocycles. The fourth-order valence-corrected chi connectivity index (χ4v) is 2.51. The molecule has 0 N–H and O–H groups in total. The lowest BCUT2D eigenvalue weighted by Gasteiger charge is -2.30. The van der Waals surface area contributed by atoms with Gasteiger partial charge in [-0.05, 0) is 37.0 Å². The Balaban J connectivity index is 2.30. The Morgan fingerprint density at radius 2 is 1.73 bits per heavy atom. The van der Waals surface area contributed by atoms with Gasteiger partial charge in [0.05, 0.1) is 0 Å². The third-order valence-electron chi connectivity index (χ3n) is 2.76. The quantitative estimate of drug-likeness (QED) is 0.568. The Kier molecular flexibility index (Phi) is 3.42. The van der Waals surface area contributed by atoms with Gasteiger partial charge in [-0.15, -0.1) is 0 Å². The van der Waals surface area contributed by atoms with Gasteiger partial charge in [-0.25, -0.2) is 0 Å². The average Bonchev–Trinajstić information content (AvgIpc) is 1.85. The second-order valence-corrected chi connectivity index (χ2v) is 4.27. The minimum absolute atomic E-state index is 0.871. The summed E-state index contributed by atoms with van der Waals surface area (Å²) in [6, 6.07) is 0. The molecule has 2 atom stereocenters. The minimum atomic E-state index is 0.871. The fourth-order valence-electron chi connectivity index (χ4n) is 2.51. The predicted molar refractivity (Wildman–Crippen MR) is 50.3 cm³/mol. The van der Waals surface area contributed by atoms with Gasteiger partial charge in [0.25, 0.3) is 0 Å². The molecule has 1 aliphatic rings. The average molecular weight is 153 g/mol. The lowest BCUT2D eigenvalue weighted by Crippen LogP contribution is -2.19. The van der Waals surface area contributed by atoms with Crippen molar-refractivity contribution in [2.24, 2.45) is 17.8 Å². The molecule has 0 heteroatoms. The van der Waals surface area contributed by atoms with E-state index in [4.69, 9.17) is 0 Å². The second-order valence-electron chi connectivity index (χ2n) is 4.27. The Morgan fingerprint density at radius 1 is 1.18 bits per heavy atom. The van der Waals surface area contributed by atoms with Crippen molar-refractivity contribution in [3.63, 3.8) is 0 Å². The van der Waals surface area contributed by atoms with E-state index in [1.165, 1.54) is 25.7 Å². The zero-order valence-electron chi connectivity index (χ0n) is 8.14. The summed E-state index contributed by atoms with van der Waals surface area (Å²) in [6.07, 6.45) is 8.22. The van der Waals surface area contributed by atoms with Crippen LogP contribution in [-0.4, -0.2) is 0 Å². The molecule has 0 aliphatic heterocycles. The van der Waals surface area contributed by atoms with Crippen LogP contribution in [0.25, 0.3) is 0 Å². The first kappa shape index (κ1) is 9.09. The van der Waals surface area contributed by atoms with Crippen LogP contribution in [0.2, 0.25) is 0 Å². The van der Waals surface area contributed by atoms with Crippen LogP contribution in [0.3, 0.4) is 0 Å². The molecule has 0 saturated heterocycles. The van der Waals surface area contributed by atoms with Gasteiger partial charge >= 0.3 is 0 Å². The molecule has 65 valence electrons. The summed E-state index contributed by atoms with van der Waals surface area (Å²) in [5.74, 6) is 2.76. The Bertz CT molecular complexity index is 96.6. The molecule has 11 heavy (non-hydrogen) atoms. The molecule has 0 aromatic carbocycles. The normalized spacial score (nSPS) is 39.0. The van der Waals surface area contributed by atoms with Gasteiger partial charge in [-0.1, -0.05) is 33.6 Å². The maximum Gasteiger partial charge on any atom is -0.0329 e. The van der Waals surface area contributed by atoms with E-state index >= 15 is 0 Å². The van der Waals surface area contributed by atoms with Crippen LogP contribution in [0.1, 0.15) is 46.5 Å². The summed E-state index contributed by atoms with van der Waals surface area (Å²) in [5, 5.41) is 0. The number of rotatable bonds is 2. The molecule has 0 aromatic heterocycles. The van der Waals surface area contributed by atoms with Gasteiger partial charge in [0.1, 0.15) is 0 Å². The molecule has 0 heterocycles. The summed E-state index contributed by atoms with van der Waals surface area (Å²) in [7, 11) is 0. The minimum Gasteiger partial charge on any atom is -0.0654 e. The van der Waals surface area contributed by atoms with Crippen molar-refractivity contribution in [3.8, 4) is 0 Å². The van der Waals surface area contributed by atoms with Crippen molar-refractivity contribution in [2.75, 3.05) is 0 Å². The molecule has 0 bridgehead atoms. The van der Waals surface area contributed by atoms with Crippen LogP contribution in [0.15, 0.2) is 0 Å². The van der Waals surface area contributed by atoms with Gasteiger partial charge in [0.15, 0.2) is 0 Å². The monoisotopic (exact) mass is 153 g/mol. The highest BCUT2D eigenvalue weighted by Gasteiger charge is 2.22. The van der Waals surface area contributed by atoms with Crippen molar-refractivity contribution in [1.29, 1.82) is 0 Å². The first-order valence-electron chi connectivity index (χ1n) is 5.07. The summed E-state index contributed by atoms with van der Waals surface area (Å²) < 4.78 is 0. The predicted octanol–water partition coefficient (Wildman–Crippen LogP) is 3.67. The standard InChI is InChI=1S/C11H21/c1-4-5-11-7-9(2)6-10(3)8-11/h6,9-11H,4-5,7-8H2,1-3H3. The highest BCUT2D eigenvalue weighted by molar-refractivity contribution is 4.87. The number of hydrogen-bond acceptors (Lipinski definition) is 0. The smallest absolute Gasteiger partial charge is 0.0329 e. The largest absolute Gasteiger partial charge is 0.0654 e. The molecular weight excluding hydrogens is 132 g/mol. The zero-order valence-corrected chi connectivity index (χ0v) is 8.14. The van der Waals surface area contributed by atoms with Crippen LogP contribution >= 0.6 is 0 Å². The molecule has 1 rings (SSSR count). The molecular formula is C11H21. The summed E-state index contributed by atoms with van der Waals surface area (Å²) >= 11 is 0. The fraction of sp³-hybridized carbons (Fsp3) is 0.909. The first-order chi connectivity index (χ1) is 5.22. The molecule has 1 radical (unpaired) electrons. The van der Waals surface area contributed by atoms with Gasteiger partial charge in [-0.3, -0.25) is 0 Å². The maximum absolute atomic E-state index is 2.52. The zero-order chi connectivity index (χ0) is 8.27. The van der Waals surface area contributed by atoms with E-state index < -0.39 is 0 Å². The molecule has 1 saturated carbocycles. The molecule has 1 fully saturated rings. The van der Waals surface area contributed by atoms with Gasteiger partial charge in [0.2, 0.25) is 0 Å². The van der Waals surface area contributed by atoms with Crippen molar-refractivity contribution in [1.82, 2.24) is 0 Å². The van der Waals surface area contributed by atoms with E-state index in [2.05, 4.69) is 27.2 Å². The van der Waals surface area contributed by atoms with Gasteiger partial charge < -0.3 is 0 Å². The first-order valence-corrected chi connectivity index (χ1v) is 5.07. The Morgan fingerprint density at radius 3 is 2.18 bits per heavy atom. The molecule has 0 nitrogen and oxygen atoms in total. The molecule has 0 amide bonds. The molecule has 2 unspecified atom stereocenters. The van der Waals surface area contributed by atoms with E-state index in [0.29, 0.717) is 0 Å². The SMILES string of the molecule is CCCC1CC(C)[CH]C(C)C1. The molecule has 0 aromatic rings. The third-order valence-corrected chi connectivity index (χ3v) is 2.76. The van der Waals surface area contributed by atoms with E-state index in [1.54, 1.807) is 0 Å². The number of hydrogen-bond donors (Lipinski definition) is 0. The van der Waals surface area contributed by atoms with E-state index in [1.807, 2.05) is 0 Å². The van der Waals surface area contributed by atoms with Crippen molar-refractivity contribution >= 4 is 0 Å². The molecule has 0 spiro atoms. The summed E-state index contributed by atoms with van der Waals surface area (Å²) in [5.41, 5.74) is 0. The summed E-state index contributed by atoms with van der Waals surface area (Å²) in [6.45, 7) is 7.02. The topological polar surface area (TPSA) is 0 Å². The van der Waals surface area contributed by atoms with Crippen molar-refractivity contribution in [3.05, 3.63) is 6.42 Å². The van der Waals surface area contributed by atoms with E-state index in [0.717, 1.165) is 17.8 Å². The van der Waals surface area contributed by atoms with Gasteiger partial charge in [0, 0.05) is 0 Å². The second kappa shape index (κ2) is 4.13. The Labute approximate surface area is 71.4 Å². The third kappa shape index (κ3) is 2.84. The van der Waals surface area contributed by atoms with Crippen molar-refractivity contribution in [2.45, 2.75) is 46.5 Å². The maximum atomic E-state index is 2.52. The van der Waals surface area contributed by atoms with Crippen LogP contribution in [0.5, 0.6) is 0 Å². The van der Waals surface area contributed by atoms with E-state index in [9.17, 15) is 0 Å². The highest BCUT2D eigenvalue weighted by Crippen LogP contribution is 2.34. The van der Waals surface area contributed by atoms with Gasteiger partial charge in [-0.2, -0.15) is 0 Å². The lowest BCUT2D eigenvalue weighted by atomic mass is 9.75. The van der Waals surface area contributed by atoms with Crippen molar-refractivity contribution < 1.29 is 0 Å². The van der Waals surface area contributed by atoms with Crippen LogP contribution < -0.4 is 0 Å². The Hall–Kier alpha value is 0. The highest BCUT2D eigenvalue weighted by atomic mass is 14.3. The van der Waals surface area contributed by atoms with E-state index in [-0.39, 0.29) is 0 Å². The van der Waals surface area contributed by atoms with Crippen LogP contribution in [-0.2, 0) is 0 Å². The van der Waals surface area contributed by atoms with Crippen LogP contribution in [0, 0.1) is 24.2 Å². The summed E-state index contributed by atoms with van der Waals surface area (Å²) in [4.78, 5) is 0. The van der Waals surface area contributed by atoms with Crippen LogP contribution in [0.4, 0.5) is 0 Å².